The molecule has 46 heavy (non-hydrogen) atoms. The molecule has 1 fully saturated rings. The maximum atomic E-state index is 13.9. The van der Waals surface area contributed by atoms with E-state index in [4.69, 9.17) is 14.4 Å². The second kappa shape index (κ2) is 12.2. The Hall–Kier alpha value is -4.13. The van der Waals surface area contributed by atoms with E-state index in [1.54, 1.807) is 0 Å². The molecule has 1 saturated heterocycles. The zero-order chi connectivity index (χ0) is 33.7. The molecule has 2 atom stereocenters. The molecule has 0 radical (unpaired) electrons. The Bertz CT molecular complexity index is 1610. The fourth-order valence-corrected chi connectivity index (χ4v) is 5.67. The van der Waals surface area contributed by atoms with Gasteiger partial charge in [0.25, 0.3) is 11.8 Å². The van der Waals surface area contributed by atoms with Gasteiger partial charge in [0.05, 0.1) is 30.8 Å². The number of nitrogens with zero attached hydrogens (tertiary/aromatic N) is 1. The van der Waals surface area contributed by atoms with Gasteiger partial charge in [0.2, 0.25) is 5.91 Å². The number of nitrogens with one attached hydrogen (secondary N) is 2. The van der Waals surface area contributed by atoms with Crippen molar-refractivity contribution in [2.45, 2.75) is 50.5 Å². The van der Waals surface area contributed by atoms with Crippen LogP contribution in [0, 0.1) is 0 Å². The van der Waals surface area contributed by atoms with Gasteiger partial charge in [0.15, 0.2) is 0 Å². The predicted molar refractivity (Wildman–Crippen MR) is 144 cm³/mol. The summed E-state index contributed by atoms with van der Waals surface area (Å²) in [5, 5.41) is 33.6. The molecule has 244 valence electrons. The number of carboxylic acids is 1. The van der Waals surface area contributed by atoms with E-state index in [1.807, 2.05) is 0 Å². The van der Waals surface area contributed by atoms with Gasteiger partial charge < -0.3 is 40.0 Å². The van der Waals surface area contributed by atoms with Crippen LogP contribution in [0.3, 0.4) is 0 Å². The van der Waals surface area contributed by atoms with Crippen molar-refractivity contribution in [2.75, 3.05) is 13.1 Å². The van der Waals surface area contributed by atoms with E-state index < -0.39 is 111 Å². The largest absolute Gasteiger partial charge is 0.491 e. The van der Waals surface area contributed by atoms with Gasteiger partial charge in [-0.1, -0.05) is 0 Å². The lowest BCUT2D eigenvalue weighted by Gasteiger charge is -2.25. The summed E-state index contributed by atoms with van der Waals surface area (Å²) in [6.07, 6.45) is -10.7. The first kappa shape index (κ1) is 33.2. The third kappa shape index (κ3) is 6.55. The Kier molecular flexibility index (Phi) is 8.84. The molecule has 2 aromatic carbocycles. The lowest BCUT2D eigenvalue weighted by atomic mass is 9.77. The van der Waals surface area contributed by atoms with E-state index in [9.17, 15) is 55.6 Å². The number of hydrogen-bond acceptors (Lipinski definition) is 8. The predicted octanol–water partition coefficient (Wildman–Crippen LogP) is -0.236. The van der Waals surface area contributed by atoms with E-state index >= 15 is 0 Å². The summed E-state index contributed by atoms with van der Waals surface area (Å²) in [4.78, 5) is 51.5. The molecule has 0 unspecified atom stereocenters. The fourth-order valence-electron chi connectivity index (χ4n) is 5.67. The van der Waals surface area contributed by atoms with Gasteiger partial charge in [-0.2, -0.15) is 26.3 Å². The van der Waals surface area contributed by atoms with Crippen molar-refractivity contribution < 1.29 is 70.0 Å². The van der Waals surface area contributed by atoms with Gasteiger partial charge in [0, 0.05) is 30.3 Å². The normalized spacial score (nSPS) is 19.3. The molecule has 3 aliphatic heterocycles. The zero-order valence-corrected chi connectivity index (χ0v) is 23.4. The number of carboxylic acid groups (broad SMARTS) is 1. The average Bonchev–Trinajstić information content (AvgIpc) is 3.67. The highest BCUT2D eigenvalue weighted by Gasteiger charge is 2.45. The summed E-state index contributed by atoms with van der Waals surface area (Å²) in [6.45, 7) is -1.98. The Morgan fingerprint density at radius 1 is 0.870 bits per heavy atom. The molecule has 0 aliphatic carbocycles. The average molecular weight is 657 g/mol. The van der Waals surface area contributed by atoms with Crippen molar-refractivity contribution in [2.24, 2.45) is 0 Å². The van der Waals surface area contributed by atoms with Crippen LogP contribution < -0.4 is 21.6 Å². The quantitative estimate of drug-likeness (QED) is 0.199. The molecule has 2 aromatic rings. The summed E-state index contributed by atoms with van der Waals surface area (Å²) in [6, 6.07) is 0.510. The van der Waals surface area contributed by atoms with Crippen molar-refractivity contribution in [3.63, 3.8) is 0 Å². The topological polar surface area (TPSA) is 175 Å². The smallest absolute Gasteiger partial charge is 0.481 e. The number of carbonyl (C=O) groups excluding carboxylic acids is 3. The third-order valence-corrected chi connectivity index (χ3v) is 7.83. The second-order valence-electron chi connectivity index (χ2n) is 10.8. The minimum absolute atomic E-state index is 0.276. The Morgan fingerprint density at radius 2 is 1.39 bits per heavy atom. The van der Waals surface area contributed by atoms with Crippen LogP contribution in [0.1, 0.15) is 55.8 Å². The molecule has 3 amide bonds. The number of hydrogen-bond donors (Lipinski definition) is 5. The summed E-state index contributed by atoms with van der Waals surface area (Å²) >= 11 is 0. The van der Waals surface area contributed by atoms with Gasteiger partial charge in [0.1, 0.15) is 6.04 Å². The highest BCUT2D eigenvalue weighted by molar-refractivity contribution is 6.62. The van der Waals surface area contributed by atoms with Crippen LogP contribution in [0.2, 0.25) is 0 Å². The molecule has 5 rings (SSSR count). The number of amides is 3. The maximum absolute atomic E-state index is 13.9. The second-order valence-corrected chi connectivity index (χ2v) is 10.8. The fraction of sp³-hybridized carbons (Fsp3) is 0.385. The van der Waals surface area contributed by atoms with E-state index in [1.165, 1.54) is 0 Å². The van der Waals surface area contributed by atoms with Crippen molar-refractivity contribution >= 4 is 48.9 Å². The molecule has 3 heterocycles. The number of rotatable bonds is 7. The lowest BCUT2D eigenvalue weighted by molar-refractivity contribution is -0.139. The van der Waals surface area contributed by atoms with Crippen LogP contribution in [-0.2, 0) is 44.5 Å². The van der Waals surface area contributed by atoms with E-state index in [0.29, 0.717) is 12.1 Å². The van der Waals surface area contributed by atoms with Crippen LogP contribution in [0.15, 0.2) is 24.3 Å². The summed E-state index contributed by atoms with van der Waals surface area (Å²) in [7, 11) is -3.48. The highest BCUT2D eigenvalue weighted by Crippen LogP contribution is 2.36. The zero-order valence-electron chi connectivity index (χ0n) is 23.4. The minimum Gasteiger partial charge on any atom is -0.481 e. The monoisotopic (exact) mass is 657 g/mol. The maximum Gasteiger partial charge on any atom is 0.491 e. The Morgan fingerprint density at radius 3 is 1.91 bits per heavy atom. The summed E-state index contributed by atoms with van der Waals surface area (Å²) < 4.78 is 92.5. The van der Waals surface area contributed by atoms with Crippen molar-refractivity contribution in [1.82, 2.24) is 15.5 Å². The van der Waals surface area contributed by atoms with E-state index in [0.717, 1.165) is 17.0 Å². The molecule has 0 bridgehead atoms. The van der Waals surface area contributed by atoms with Crippen molar-refractivity contribution in [3.05, 3.63) is 57.6 Å². The third-order valence-electron chi connectivity index (χ3n) is 7.83. The van der Waals surface area contributed by atoms with Crippen LogP contribution in [0.5, 0.6) is 0 Å². The number of benzene rings is 2. The van der Waals surface area contributed by atoms with Gasteiger partial charge >= 0.3 is 32.6 Å². The number of carbonyl (C=O) groups is 4. The van der Waals surface area contributed by atoms with Gasteiger partial charge in [-0.25, -0.2) is 0 Å². The summed E-state index contributed by atoms with van der Waals surface area (Å²) in [5.74, 6) is -4.34. The van der Waals surface area contributed by atoms with Gasteiger partial charge in [-0.15, -0.1) is 0 Å². The first-order chi connectivity index (χ1) is 21.5. The minimum atomic E-state index is -4.95. The SMILES string of the molecule is O=C(O)CCNC(=O)[C@@H]1C[C@@H](NC(=O)c2cc3c(c(C(F)(F)F)c2)COB3O)CN1C(=O)c1cc2c(c(C(F)(F)F)c1)COB2O. The molecule has 0 aromatic heterocycles. The standard InChI is InChI=1S/C26H23B2F6N3O9/c29-25(30,31)16-3-11(5-18-14(16)9-45-27(18)43)22(40)36-13-7-20(23(41)35-2-1-21(38)39)37(8-13)24(42)12-4-17(26(32,33)34)15-10-46-28(44)19(15)6-12/h3-6,13,20,43-44H,1-2,7-10H2,(H,35,41)(H,36,40)(H,38,39)/t13-,20+/m1/s1. The van der Waals surface area contributed by atoms with Crippen molar-refractivity contribution in [1.29, 1.82) is 0 Å². The Balaban J connectivity index is 1.44. The number of aliphatic carboxylic acids is 1. The molecule has 0 spiro atoms. The molecule has 5 N–H and O–H groups in total. The van der Waals surface area contributed by atoms with E-state index in [2.05, 4.69) is 10.6 Å². The number of fused-ring (bicyclic) bond motifs is 2. The van der Waals surface area contributed by atoms with Crippen LogP contribution in [0.25, 0.3) is 0 Å². The number of halogens is 6. The molecule has 20 heteroatoms. The van der Waals surface area contributed by atoms with Gasteiger partial charge in [-0.3, -0.25) is 19.2 Å². The van der Waals surface area contributed by atoms with Crippen LogP contribution >= 0.6 is 0 Å². The molecule has 3 aliphatic rings. The summed E-state index contributed by atoms with van der Waals surface area (Å²) in [5.41, 5.74) is -4.88. The number of likely N-dealkylation sites (tertiary alicyclic amines) is 1. The van der Waals surface area contributed by atoms with Crippen LogP contribution in [0.4, 0.5) is 26.3 Å². The molecule has 0 saturated carbocycles. The molecular formula is C26H23B2F6N3O9. The van der Waals surface area contributed by atoms with Gasteiger partial charge in [-0.05, 0) is 52.7 Å². The van der Waals surface area contributed by atoms with E-state index in [-0.39, 0.29) is 35.0 Å². The highest BCUT2D eigenvalue weighted by atomic mass is 19.4. The lowest BCUT2D eigenvalue weighted by Crippen LogP contribution is -2.46. The first-order valence-corrected chi connectivity index (χ1v) is 13.6. The number of alkyl halides is 6. The Labute approximate surface area is 255 Å². The molecule has 12 nitrogen and oxygen atoms in total. The first-order valence-electron chi connectivity index (χ1n) is 13.6. The van der Waals surface area contributed by atoms with Crippen LogP contribution in [-0.4, -0.2) is 83.2 Å². The van der Waals surface area contributed by atoms with Crippen molar-refractivity contribution in [3.8, 4) is 0 Å². The molecular weight excluding hydrogens is 634 g/mol.